The monoisotopic (exact) mass is 284 g/mol. The predicted octanol–water partition coefficient (Wildman–Crippen LogP) is 1.45. The fourth-order valence-electron chi connectivity index (χ4n) is 2.95. The van der Waals surface area contributed by atoms with E-state index in [2.05, 4.69) is 5.32 Å². The number of urea groups is 1. The predicted molar refractivity (Wildman–Crippen MR) is 73.5 cm³/mol. The van der Waals surface area contributed by atoms with E-state index in [9.17, 15) is 14.7 Å². The average Bonchev–Trinajstić information content (AvgIpc) is 2.46. The Bertz CT molecular complexity index is 368. The molecule has 0 aromatic heterocycles. The van der Waals surface area contributed by atoms with Crippen LogP contribution in [0.4, 0.5) is 4.79 Å². The Kier molecular flexibility index (Phi) is 4.86. The fraction of sp³-hybridized carbons (Fsp3) is 0.857. The van der Waals surface area contributed by atoms with Gasteiger partial charge in [0.15, 0.2) is 0 Å². The zero-order valence-corrected chi connectivity index (χ0v) is 12.1. The van der Waals surface area contributed by atoms with Gasteiger partial charge in [0.05, 0.1) is 0 Å². The Morgan fingerprint density at radius 2 is 2.05 bits per heavy atom. The summed E-state index contributed by atoms with van der Waals surface area (Å²) in [4.78, 5) is 25.2. The Hall–Kier alpha value is -1.30. The molecule has 0 bridgehead atoms. The number of nitrogens with zero attached hydrogens (tertiary/aromatic N) is 1. The minimum Gasteiger partial charge on any atom is -0.480 e. The van der Waals surface area contributed by atoms with E-state index in [-0.39, 0.29) is 6.03 Å². The molecule has 2 aliphatic heterocycles. The van der Waals surface area contributed by atoms with Crippen molar-refractivity contribution in [3.63, 3.8) is 0 Å². The highest BCUT2D eigenvalue weighted by atomic mass is 16.5. The molecule has 20 heavy (non-hydrogen) atoms. The van der Waals surface area contributed by atoms with Crippen molar-refractivity contribution in [3.05, 3.63) is 0 Å². The SMILES string of the molecule is CC1(C(=O)O)CCCCN1C(=O)NCC1CCOCC1. The van der Waals surface area contributed by atoms with E-state index in [0.29, 0.717) is 25.4 Å². The van der Waals surface area contributed by atoms with E-state index in [0.717, 1.165) is 38.9 Å². The molecule has 2 saturated heterocycles. The Morgan fingerprint density at radius 1 is 1.35 bits per heavy atom. The van der Waals surface area contributed by atoms with Crippen LogP contribution in [0.1, 0.15) is 39.0 Å². The maximum Gasteiger partial charge on any atom is 0.329 e. The van der Waals surface area contributed by atoms with Crippen molar-refractivity contribution in [2.24, 2.45) is 5.92 Å². The molecule has 2 heterocycles. The zero-order valence-electron chi connectivity index (χ0n) is 12.1. The van der Waals surface area contributed by atoms with Gasteiger partial charge < -0.3 is 20.1 Å². The van der Waals surface area contributed by atoms with Crippen LogP contribution in [-0.2, 0) is 9.53 Å². The highest BCUT2D eigenvalue weighted by molar-refractivity contribution is 5.86. The molecule has 2 N–H and O–H groups in total. The summed E-state index contributed by atoms with van der Waals surface area (Å²) in [6.45, 7) is 4.26. The number of carboxylic acids is 1. The third kappa shape index (κ3) is 3.23. The topological polar surface area (TPSA) is 78.9 Å². The van der Waals surface area contributed by atoms with Gasteiger partial charge in [0.2, 0.25) is 0 Å². The van der Waals surface area contributed by atoms with Crippen LogP contribution in [0.2, 0.25) is 0 Å². The first-order valence-electron chi connectivity index (χ1n) is 7.40. The second kappa shape index (κ2) is 6.43. The van der Waals surface area contributed by atoms with Crippen LogP contribution >= 0.6 is 0 Å². The minimum atomic E-state index is -1.07. The van der Waals surface area contributed by atoms with Gasteiger partial charge in [-0.15, -0.1) is 0 Å². The molecule has 1 unspecified atom stereocenters. The second-order valence-corrected chi connectivity index (χ2v) is 5.93. The lowest BCUT2D eigenvalue weighted by atomic mass is 9.89. The molecular formula is C14H24N2O4. The van der Waals surface area contributed by atoms with Gasteiger partial charge in [0, 0.05) is 26.3 Å². The van der Waals surface area contributed by atoms with Gasteiger partial charge in [-0.2, -0.15) is 0 Å². The average molecular weight is 284 g/mol. The summed E-state index contributed by atoms with van der Waals surface area (Å²) >= 11 is 0. The third-order valence-electron chi connectivity index (χ3n) is 4.48. The van der Waals surface area contributed by atoms with E-state index in [1.807, 2.05) is 0 Å². The Labute approximate surface area is 119 Å². The number of carbonyl (C=O) groups excluding carboxylic acids is 1. The van der Waals surface area contributed by atoms with Crippen molar-refractivity contribution in [1.29, 1.82) is 0 Å². The quantitative estimate of drug-likeness (QED) is 0.822. The van der Waals surface area contributed by atoms with Crippen LogP contribution in [0.3, 0.4) is 0 Å². The van der Waals surface area contributed by atoms with E-state index < -0.39 is 11.5 Å². The number of hydrogen-bond donors (Lipinski definition) is 2. The summed E-state index contributed by atoms with van der Waals surface area (Å²) in [5.74, 6) is -0.480. The molecule has 6 nitrogen and oxygen atoms in total. The van der Waals surface area contributed by atoms with Crippen LogP contribution in [0.15, 0.2) is 0 Å². The lowest BCUT2D eigenvalue weighted by Gasteiger charge is -2.41. The largest absolute Gasteiger partial charge is 0.480 e. The van der Waals surface area contributed by atoms with Crippen LogP contribution in [0, 0.1) is 5.92 Å². The van der Waals surface area contributed by atoms with E-state index >= 15 is 0 Å². The summed E-state index contributed by atoms with van der Waals surface area (Å²) in [6.07, 6.45) is 4.15. The van der Waals surface area contributed by atoms with Crippen LogP contribution < -0.4 is 5.32 Å². The number of hydrogen-bond acceptors (Lipinski definition) is 3. The normalized spacial score (nSPS) is 28.1. The summed E-state index contributed by atoms with van der Waals surface area (Å²) in [6, 6.07) is -0.249. The Morgan fingerprint density at radius 3 is 2.70 bits per heavy atom. The molecule has 0 spiro atoms. The summed E-state index contributed by atoms with van der Waals surface area (Å²) in [5.41, 5.74) is -1.07. The van der Waals surface area contributed by atoms with Crippen molar-refractivity contribution in [2.45, 2.75) is 44.6 Å². The molecular weight excluding hydrogens is 260 g/mol. The molecule has 0 saturated carbocycles. The molecule has 2 rings (SSSR count). The van der Waals surface area contributed by atoms with E-state index in [4.69, 9.17) is 4.74 Å². The van der Waals surface area contributed by atoms with Gasteiger partial charge in [-0.25, -0.2) is 9.59 Å². The number of likely N-dealkylation sites (tertiary alicyclic amines) is 1. The molecule has 2 aliphatic rings. The molecule has 0 aromatic carbocycles. The van der Waals surface area contributed by atoms with Gasteiger partial charge in [-0.1, -0.05) is 0 Å². The lowest BCUT2D eigenvalue weighted by Crippen LogP contribution is -2.60. The van der Waals surface area contributed by atoms with Crippen molar-refractivity contribution in [3.8, 4) is 0 Å². The number of rotatable bonds is 3. The van der Waals surface area contributed by atoms with Crippen LogP contribution in [-0.4, -0.2) is 53.8 Å². The number of amides is 2. The molecule has 2 amide bonds. The first-order valence-corrected chi connectivity index (χ1v) is 7.40. The summed E-state index contributed by atoms with van der Waals surface area (Å²) < 4.78 is 5.29. The summed E-state index contributed by atoms with van der Waals surface area (Å²) in [5, 5.41) is 12.3. The maximum absolute atomic E-state index is 12.3. The standard InChI is InChI=1S/C14H24N2O4/c1-14(12(17)18)6-2-3-7-16(14)13(19)15-10-11-4-8-20-9-5-11/h11H,2-10H2,1H3,(H,15,19)(H,17,18). The van der Waals surface area contributed by atoms with Gasteiger partial charge in [0.1, 0.15) is 5.54 Å². The molecule has 0 aromatic rings. The molecule has 114 valence electrons. The zero-order chi connectivity index (χ0) is 14.6. The highest BCUT2D eigenvalue weighted by Crippen LogP contribution is 2.28. The number of ether oxygens (including phenoxy) is 1. The first kappa shape index (κ1) is 15.1. The van der Waals surface area contributed by atoms with Crippen molar-refractivity contribution in [2.75, 3.05) is 26.3 Å². The lowest BCUT2D eigenvalue weighted by molar-refractivity contribution is -0.150. The maximum atomic E-state index is 12.3. The first-order chi connectivity index (χ1) is 9.54. The second-order valence-electron chi connectivity index (χ2n) is 5.93. The van der Waals surface area contributed by atoms with Crippen molar-refractivity contribution >= 4 is 12.0 Å². The van der Waals surface area contributed by atoms with E-state index in [1.54, 1.807) is 6.92 Å². The molecule has 2 fully saturated rings. The fourth-order valence-corrected chi connectivity index (χ4v) is 2.95. The molecule has 6 heteroatoms. The molecule has 0 radical (unpaired) electrons. The van der Waals surface area contributed by atoms with E-state index in [1.165, 1.54) is 4.90 Å². The number of nitrogens with one attached hydrogen (secondary N) is 1. The van der Waals surface area contributed by atoms with Gasteiger partial charge in [-0.05, 0) is 44.9 Å². The highest BCUT2D eigenvalue weighted by Gasteiger charge is 2.43. The summed E-state index contributed by atoms with van der Waals surface area (Å²) in [7, 11) is 0. The smallest absolute Gasteiger partial charge is 0.329 e. The van der Waals surface area contributed by atoms with Crippen molar-refractivity contribution in [1.82, 2.24) is 10.2 Å². The Balaban J connectivity index is 1.90. The van der Waals surface area contributed by atoms with Crippen LogP contribution in [0.5, 0.6) is 0 Å². The molecule has 0 aliphatic carbocycles. The van der Waals surface area contributed by atoms with Crippen LogP contribution in [0.25, 0.3) is 0 Å². The van der Waals surface area contributed by atoms with Crippen molar-refractivity contribution < 1.29 is 19.4 Å². The van der Waals surface area contributed by atoms with Gasteiger partial charge in [-0.3, -0.25) is 0 Å². The van der Waals surface area contributed by atoms with Gasteiger partial charge in [0.25, 0.3) is 0 Å². The third-order valence-corrected chi connectivity index (χ3v) is 4.48. The number of piperidine rings is 1. The van der Waals surface area contributed by atoms with Gasteiger partial charge >= 0.3 is 12.0 Å². The minimum absolute atomic E-state index is 0.249. The number of aliphatic carboxylic acids is 1. The molecule has 1 atom stereocenters. The number of carboxylic acid groups (broad SMARTS) is 1. The number of carbonyl (C=O) groups is 2.